The van der Waals surface area contributed by atoms with E-state index in [9.17, 15) is 0 Å². The first kappa shape index (κ1) is 9.37. The van der Waals surface area contributed by atoms with Crippen LogP contribution in [0.1, 0.15) is 22.2 Å². The minimum atomic E-state index is -0.0874. The zero-order valence-corrected chi connectivity index (χ0v) is 8.79. The maximum atomic E-state index is 6.06. The fourth-order valence-electron chi connectivity index (χ4n) is 1.30. The summed E-state index contributed by atoms with van der Waals surface area (Å²) < 4.78 is 0. The minimum Gasteiger partial charge on any atom is -0.318 e. The van der Waals surface area contributed by atoms with Crippen LogP contribution in [-0.4, -0.2) is 4.98 Å². The fraction of sp³-hybridized carbons (Fsp3) is 0.182. The van der Waals surface area contributed by atoms with Crippen LogP contribution in [0, 0.1) is 6.92 Å². The number of thiazole rings is 1. The van der Waals surface area contributed by atoms with Crippen molar-refractivity contribution in [2.24, 2.45) is 5.73 Å². The summed E-state index contributed by atoms with van der Waals surface area (Å²) in [6.45, 7) is 2.07. The summed E-state index contributed by atoms with van der Waals surface area (Å²) in [7, 11) is 0. The van der Waals surface area contributed by atoms with Gasteiger partial charge in [0.25, 0.3) is 0 Å². The molecule has 0 fully saturated rings. The number of nitrogens with zero attached hydrogens (tertiary/aromatic N) is 1. The smallest absolute Gasteiger partial charge is 0.114 e. The highest BCUT2D eigenvalue weighted by atomic mass is 32.1. The molecule has 0 spiro atoms. The normalized spacial score (nSPS) is 12.7. The van der Waals surface area contributed by atoms with Crippen molar-refractivity contribution >= 4 is 11.3 Å². The molecule has 1 aromatic heterocycles. The molecule has 2 nitrogen and oxygen atoms in total. The SMILES string of the molecule is Cc1ccc(C(N)c2nccs2)cc1. The summed E-state index contributed by atoms with van der Waals surface area (Å²) in [5.74, 6) is 0. The Morgan fingerprint density at radius 3 is 2.57 bits per heavy atom. The van der Waals surface area contributed by atoms with Crippen molar-refractivity contribution in [1.82, 2.24) is 4.98 Å². The van der Waals surface area contributed by atoms with Crippen LogP contribution in [0.15, 0.2) is 35.8 Å². The van der Waals surface area contributed by atoms with Gasteiger partial charge in [-0.2, -0.15) is 0 Å². The molecule has 0 bridgehead atoms. The van der Waals surface area contributed by atoms with Gasteiger partial charge in [-0.1, -0.05) is 29.8 Å². The molecular formula is C11H12N2S. The number of aryl methyl sites for hydroxylation is 1. The number of hydrogen-bond donors (Lipinski definition) is 1. The van der Waals surface area contributed by atoms with E-state index < -0.39 is 0 Å². The Kier molecular flexibility index (Phi) is 2.61. The Labute approximate surface area is 87.4 Å². The highest BCUT2D eigenvalue weighted by Gasteiger charge is 2.10. The van der Waals surface area contributed by atoms with Gasteiger partial charge >= 0.3 is 0 Å². The van der Waals surface area contributed by atoms with Crippen molar-refractivity contribution in [3.63, 3.8) is 0 Å². The second-order valence-corrected chi connectivity index (χ2v) is 4.18. The molecule has 1 atom stereocenters. The molecule has 72 valence electrons. The van der Waals surface area contributed by atoms with Gasteiger partial charge in [0.05, 0.1) is 6.04 Å². The maximum absolute atomic E-state index is 6.06. The number of rotatable bonds is 2. The van der Waals surface area contributed by atoms with E-state index in [1.807, 2.05) is 5.38 Å². The average molecular weight is 204 g/mol. The van der Waals surface area contributed by atoms with E-state index in [4.69, 9.17) is 5.73 Å². The number of nitrogens with two attached hydrogens (primary N) is 1. The number of aromatic nitrogens is 1. The Hall–Kier alpha value is -1.19. The molecule has 2 N–H and O–H groups in total. The van der Waals surface area contributed by atoms with E-state index in [-0.39, 0.29) is 6.04 Å². The molecular weight excluding hydrogens is 192 g/mol. The first-order valence-electron chi connectivity index (χ1n) is 4.49. The largest absolute Gasteiger partial charge is 0.318 e. The van der Waals surface area contributed by atoms with Gasteiger partial charge in [0, 0.05) is 11.6 Å². The van der Waals surface area contributed by atoms with Gasteiger partial charge in [0.2, 0.25) is 0 Å². The van der Waals surface area contributed by atoms with Crippen LogP contribution in [-0.2, 0) is 0 Å². The van der Waals surface area contributed by atoms with Crippen molar-refractivity contribution in [3.05, 3.63) is 52.0 Å². The second-order valence-electron chi connectivity index (χ2n) is 3.26. The molecule has 0 aliphatic heterocycles. The van der Waals surface area contributed by atoms with Gasteiger partial charge in [-0.25, -0.2) is 4.98 Å². The summed E-state index contributed by atoms with van der Waals surface area (Å²) >= 11 is 1.59. The lowest BCUT2D eigenvalue weighted by molar-refractivity contribution is 0.857. The summed E-state index contributed by atoms with van der Waals surface area (Å²) in [6.07, 6.45) is 1.79. The van der Waals surface area contributed by atoms with Gasteiger partial charge in [0.15, 0.2) is 0 Å². The molecule has 0 aliphatic rings. The van der Waals surface area contributed by atoms with Gasteiger partial charge in [-0.3, -0.25) is 0 Å². The Bertz CT molecular complexity index is 392. The zero-order valence-electron chi connectivity index (χ0n) is 7.97. The van der Waals surface area contributed by atoms with Crippen LogP contribution < -0.4 is 5.73 Å². The zero-order chi connectivity index (χ0) is 9.97. The van der Waals surface area contributed by atoms with Crippen molar-refractivity contribution in [1.29, 1.82) is 0 Å². The minimum absolute atomic E-state index is 0.0874. The molecule has 3 heteroatoms. The molecule has 0 aliphatic carbocycles. The third-order valence-electron chi connectivity index (χ3n) is 2.15. The Morgan fingerprint density at radius 1 is 1.29 bits per heavy atom. The molecule has 2 rings (SSSR count). The summed E-state index contributed by atoms with van der Waals surface area (Å²) in [5.41, 5.74) is 8.43. The highest BCUT2D eigenvalue weighted by molar-refractivity contribution is 7.09. The van der Waals surface area contributed by atoms with Gasteiger partial charge < -0.3 is 5.73 Å². The molecule has 2 aromatic rings. The van der Waals surface area contributed by atoms with Crippen LogP contribution in [0.25, 0.3) is 0 Å². The maximum Gasteiger partial charge on any atom is 0.114 e. The standard InChI is InChI=1S/C11H12N2S/c1-8-2-4-9(5-3-8)10(12)11-13-6-7-14-11/h2-7,10H,12H2,1H3. The third kappa shape index (κ3) is 1.84. The van der Waals surface area contributed by atoms with Crippen LogP contribution in [0.4, 0.5) is 0 Å². The van der Waals surface area contributed by atoms with Crippen molar-refractivity contribution < 1.29 is 0 Å². The Morgan fingerprint density at radius 2 is 2.00 bits per heavy atom. The topological polar surface area (TPSA) is 38.9 Å². The van der Waals surface area contributed by atoms with Crippen LogP contribution in [0.2, 0.25) is 0 Å². The van der Waals surface area contributed by atoms with Gasteiger partial charge in [0.1, 0.15) is 5.01 Å². The average Bonchev–Trinajstić information content (AvgIpc) is 2.71. The third-order valence-corrected chi connectivity index (χ3v) is 3.01. The molecule has 1 aromatic carbocycles. The van der Waals surface area contributed by atoms with E-state index >= 15 is 0 Å². The van der Waals surface area contributed by atoms with E-state index in [1.54, 1.807) is 17.5 Å². The molecule has 0 saturated carbocycles. The van der Waals surface area contributed by atoms with Gasteiger partial charge in [-0.05, 0) is 12.5 Å². The van der Waals surface area contributed by atoms with Crippen molar-refractivity contribution in [2.45, 2.75) is 13.0 Å². The summed E-state index contributed by atoms with van der Waals surface area (Å²) in [6, 6.07) is 8.17. The Balaban J connectivity index is 2.28. The fourth-order valence-corrected chi connectivity index (χ4v) is 1.97. The predicted octanol–water partition coefficient (Wildman–Crippen LogP) is 2.50. The lowest BCUT2D eigenvalue weighted by Crippen LogP contribution is -2.11. The summed E-state index contributed by atoms with van der Waals surface area (Å²) in [5, 5.41) is 2.91. The monoisotopic (exact) mass is 204 g/mol. The molecule has 0 radical (unpaired) electrons. The summed E-state index contributed by atoms with van der Waals surface area (Å²) in [4.78, 5) is 4.21. The van der Waals surface area contributed by atoms with Crippen LogP contribution in [0.3, 0.4) is 0 Å². The van der Waals surface area contributed by atoms with Crippen molar-refractivity contribution in [2.75, 3.05) is 0 Å². The lowest BCUT2D eigenvalue weighted by atomic mass is 10.1. The van der Waals surface area contributed by atoms with E-state index in [0.29, 0.717) is 0 Å². The molecule has 0 amide bonds. The van der Waals surface area contributed by atoms with E-state index in [1.165, 1.54) is 5.56 Å². The van der Waals surface area contributed by atoms with E-state index in [2.05, 4.69) is 36.2 Å². The molecule has 0 saturated heterocycles. The quantitative estimate of drug-likeness (QED) is 0.816. The van der Waals surface area contributed by atoms with Crippen LogP contribution >= 0.6 is 11.3 Å². The molecule has 1 heterocycles. The van der Waals surface area contributed by atoms with Crippen molar-refractivity contribution in [3.8, 4) is 0 Å². The first-order valence-corrected chi connectivity index (χ1v) is 5.37. The second kappa shape index (κ2) is 3.90. The highest BCUT2D eigenvalue weighted by Crippen LogP contribution is 2.21. The molecule has 1 unspecified atom stereocenters. The number of hydrogen-bond acceptors (Lipinski definition) is 3. The lowest BCUT2D eigenvalue weighted by Gasteiger charge is -2.08. The first-order chi connectivity index (χ1) is 6.77. The van der Waals surface area contributed by atoms with Crippen LogP contribution in [0.5, 0.6) is 0 Å². The van der Waals surface area contributed by atoms with E-state index in [0.717, 1.165) is 10.6 Å². The van der Waals surface area contributed by atoms with Gasteiger partial charge in [-0.15, -0.1) is 11.3 Å². The number of benzene rings is 1. The predicted molar refractivity (Wildman–Crippen MR) is 59.3 cm³/mol. The molecule has 14 heavy (non-hydrogen) atoms.